The van der Waals surface area contributed by atoms with Crippen LogP contribution in [0.5, 0.6) is 5.75 Å². The first-order chi connectivity index (χ1) is 9.28. The molecule has 1 aromatic carbocycles. The van der Waals surface area contributed by atoms with E-state index in [-0.39, 0.29) is 42.0 Å². The first kappa shape index (κ1) is 14.9. The monoisotopic (exact) mass is 301 g/mol. The Bertz CT molecular complexity index is 629. The maximum absolute atomic E-state index is 13.1. The predicted molar refractivity (Wildman–Crippen MR) is 72.1 cm³/mol. The van der Waals surface area contributed by atoms with Crippen molar-refractivity contribution in [1.82, 2.24) is 4.90 Å². The minimum Gasteiger partial charge on any atom is -0.507 e. The second-order valence-corrected chi connectivity index (χ2v) is 7.25. The Morgan fingerprint density at radius 2 is 2.20 bits per heavy atom. The van der Waals surface area contributed by atoms with Crippen molar-refractivity contribution in [3.63, 3.8) is 0 Å². The number of phenols is 1. The van der Waals surface area contributed by atoms with Gasteiger partial charge in [-0.05, 0) is 25.1 Å². The van der Waals surface area contributed by atoms with Crippen molar-refractivity contribution in [2.75, 3.05) is 24.6 Å². The van der Waals surface area contributed by atoms with E-state index in [1.54, 1.807) is 11.8 Å². The SMILES string of the molecule is CC1CS(=O)(=O)CCN1CC(=O)c1cc(F)ccc1O. The van der Waals surface area contributed by atoms with Gasteiger partial charge in [0.15, 0.2) is 15.6 Å². The number of carbonyl (C=O) groups excluding carboxylic acids is 1. The quantitative estimate of drug-likeness (QED) is 0.837. The lowest BCUT2D eigenvalue weighted by Crippen LogP contribution is -2.48. The van der Waals surface area contributed by atoms with E-state index in [9.17, 15) is 22.7 Å². The van der Waals surface area contributed by atoms with Crippen LogP contribution >= 0.6 is 0 Å². The number of rotatable bonds is 3. The molecule has 110 valence electrons. The van der Waals surface area contributed by atoms with Crippen molar-refractivity contribution in [2.45, 2.75) is 13.0 Å². The van der Waals surface area contributed by atoms with Crippen LogP contribution in [0.2, 0.25) is 0 Å². The fraction of sp³-hybridized carbons (Fsp3) is 0.462. The molecule has 5 nitrogen and oxygen atoms in total. The van der Waals surface area contributed by atoms with Crippen molar-refractivity contribution in [2.24, 2.45) is 0 Å². The smallest absolute Gasteiger partial charge is 0.180 e. The van der Waals surface area contributed by atoms with Gasteiger partial charge in [0.25, 0.3) is 0 Å². The molecule has 0 radical (unpaired) electrons. The van der Waals surface area contributed by atoms with E-state index < -0.39 is 21.4 Å². The Morgan fingerprint density at radius 1 is 1.50 bits per heavy atom. The minimum atomic E-state index is -3.04. The first-order valence-electron chi connectivity index (χ1n) is 6.25. The van der Waals surface area contributed by atoms with Gasteiger partial charge in [0.05, 0.1) is 23.6 Å². The molecular formula is C13H16FNO4S. The lowest BCUT2D eigenvalue weighted by Gasteiger charge is -2.32. The molecule has 2 rings (SSSR count). The number of phenolic OH excluding ortho intramolecular Hbond substituents is 1. The van der Waals surface area contributed by atoms with E-state index in [4.69, 9.17) is 0 Å². The van der Waals surface area contributed by atoms with Crippen LogP contribution in [0.4, 0.5) is 4.39 Å². The van der Waals surface area contributed by atoms with Crippen LogP contribution in [-0.4, -0.2) is 54.8 Å². The Kier molecular flexibility index (Phi) is 4.10. The summed E-state index contributed by atoms with van der Waals surface area (Å²) in [6, 6.07) is 2.92. The number of benzene rings is 1. The Balaban J connectivity index is 2.10. The Morgan fingerprint density at radius 3 is 2.85 bits per heavy atom. The normalized spacial score (nSPS) is 22.6. The molecule has 1 fully saturated rings. The third kappa shape index (κ3) is 3.34. The van der Waals surface area contributed by atoms with Crippen molar-refractivity contribution in [3.8, 4) is 5.75 Å². The molecular weight excluding hydrogens is 285 g/mol. The van der Waals surface area contributed by atoms with Crippen molar-refractivity contribution in [3.05, 3.63) is 29.6 Å². The standard InChI is InChI=1S/C13H16FNO4S/c1-9-8-20(18,19)5-4-15(9)7-13(17)11-6-10(14)2-3-12(11)16/h2-3,6,9,16H,4-5,7-8H2,1H3. The minimum absolute atomic E-state index is 0.00934. The zero-order chi connectivity index (χ0) is 14.9. The Labute approximate surface area is 116 Å². The summed E-state index contributed by atoms with van der Waals surface area (Å²) >= 11 is 0. The number of nitrogens with zero attached hydrogens (tertiary/aromatic N) is 1. The molecule has 1 heterocycles. The summed E-state index contributed by atoms with van der Waals surface area (Å²) in [7, 11) is -3.04. The number of aromatic hydroxyl groups is 1. The molecule has 1 unspecified atom stereocenters. The summed E-state index contributed by atoms with van der Waals surface area (Å²) < 4.78 is 36.0. The van der Waals surface area contributed by atoms with Gasteiger partial charge in [0.2, 0.25) is 0 Å². The van der Waals surface area contributed by atoms with Crippen LogP contribution in [0.3, 0.4) is 0 Å². The van der Waals surface area contributed by atoms with E-state index in [2.05, 4.69) is 0 Å². The molecule has 1 saturated heterocycles. The second kappa shape index (κ2) is 5.49. The fourth-order valence-corrected chi connectivity index (χ4v) is 3.89. The van der Waals surface area contributed by atoms with Gasteiger partial charge in [-0.3, -0.25) is 9.69 Å². The van der Waals surface area contributed by atoms with E-state index in [1.165, 1.54) is 0 Å². The molecule has 1 atom stereocenters. The fourth-order valence-electron chi connectivity index (χ4n) is 2.27. The predicted octanol–water partition coefficient (Wildman–Crippen LogP) is 0.833. The third-order valence-electron chi connectivity index (χ3n) is 3.41. The van der Waals surface area contributed by atoms with E-state index in [0.29, 0.717) is 0 Å². The molecule has 1 aromatic rings. The summed E-state index contributed by atoms with van der Waals surface area (Å²) in [5.41, 5.74) is -0.0781. The molecule has 0 spiro atoms. The molecule has 20 heavy (non-hydrogen) atoms. The number of hydrogen-bond donors (Lipinski definition) is 1. The molecule has 0 saturated carbocycles. The maximum atomic E-state index is 13.1. The zero-order valence-electron chi connectivity index (χ0n) is 11.0. The van der Waals surface area contributed by atoms with Gasteiger partial charge in [-0.2, -0.15) is 0 Å². The lowest BCUT2D eigenvalue weighted by atomic mass is 10.1. The highest BCUT2D eigenvalue weighted by atomic mass is 32.2. The number of sulfone groups is 1. The zero-order valence-corrected chi connectivity index (χ0v) is 11.9. The summed E-state index contributed by atoms with van der Waals surface area (Å²) in [4.78, 5) is 13.8. The van der Waals surface area contributed by atoms with E-state index >= 15 is 0 Å². The molecule has 0 aromatic heterocycles. The van der Waals surface area contributed by atoms with Crippen molar-refractivity contribution >= 4 is 15.6 Å². The summed E-state index contributed by atoms with van der Waals surface area (Å²) in [6.45, 7) is 1.97. The highest BCUT2D eigenvalue weighted by Gasteiger charge is 2.29. The van der Waals surface area contributed by atoms with Crippen LogP contribution in [0.15, 0.2) is 18.2 Å². The van der Waals surface area contributed by atoms with Crippen LogP contribution < -0.4 is 0 Å². The highest BCUT2D eigenvalue weighted by molar-refractivity contribution is 7.91. The molecule has 7 heteroatoms. The van der Waals surface area contributed by atoms with Gasteiger partial charge in [-0.25, -0.2) is 12.8 Å². The van der Waals surface area contributed by atoms with Crippen molar-refractivity contribution < 1.29 is 22.7 Å². The van der Waals surface area contributed by atoms with Crippen LogP contribution in [-0.2, 0) is 9.84 Å². The maximum Gasteiger partial charge on any atom is 0.180 e. The van der Waals surface area contributed by atoms with Crippen LogP contribution in [0, 0.1) is 5.82 Å². The molecule has 1 aliphatic heterocycles. The lowest BCUT2D eigenvalue weighted by molar-refractivity contribution is 0.0905. The summed E-state index contributed by atoms with van der Waals surface area (Å²) in [5, 5.41) is 9.58. The summed E-state index contributed by atoms with van der Waals surface area (Å²) in [5.74, 6) is -1.27. The van der Waals surface area contributed by atoms with E-state index in [1.807, 2.05) is 0 Å². The first-order valence-corrected chi connectivity index (χ1v) is 8.07. The number of Topliss-reactive ketones (excluding diaryl/α,β-unsaturated/α-hetero) is 1. The van der Waals surface area contributed by atoms with Crippen molar-refractivity contribution in [1.29, 1.82) is 0 Å². The van der Waals surface area contributed by atoms with Gasteiger partial charge < -0.3 is 5.11 Å². The van der Waals surface area contributed by atoms with Gasteiger partial charge in [-0.1, -0.05) is 0 Å². The van der Waals surface area contributed by atoms with E-state index in [0.717, 1.165) is 18.2 Å². The molecule has 0 amide bonds. The average Bonchev–Trinajstić information content (AvgIpc) is 2.35. The number of ketones is 1. The van der Waals surface area contributed by atoms with Crippen LogP contribution in [0.25, 0.3) is 0 Å². The van der Waals surface area contributed by atoms with Gasteiger partial charge in [0, 0.05) is 12.6 Å². The highest BCUT2D eigenvalue weighted by Crippen LogP contribution is 2.20. The topological polar surface area (TPSA) is 74.7 Å². The number of halogens is 1. The molecule has 1 N–H and O–H groups in total. The largest absolute Gasteiger partial charge is 0.507 e. The number of carbonyl (C=O) groups is 1. The Hall–Kier alpha value is -1.47. The molecule has 1 aliphatic rings. The number of hydrogen-bond acceptors (Lipinski definition) is 5. The molecule has 0 aliphatic carbocycles. The molecule has 0 bridgehead atoms. The average molecular weight is 301 g/mol. The third-order valence-corrected chi connectivity index (χ3v) is 5.21. The van der Waals surface area contributed by atoms with Gasteiger partial charge in [-0.15, -0.1) is 0 Å². The summed E-state index contributed by atoms with van der Waals surface area (Å²) in [6.07, 6.45) is 0. The van der Waals surface area contributed by atoms with Gasteiger partial charge >= 0.3 is 0 Å². The van der Waals surface area contributed by atoms with Crippen LogP contribution in [0.1, 0.15) is 17.3 Å². The van der Waals surface area contributed by atoms with Gasteiger partial charge in [0.1, 0.15) is 11.6 Å². The second-order valence-electron chi connectivity index (χ2n) is 5.02.